The molecule has 0 saturated carbocycles. The Balaban J connectivity index is 2.01. The van der Waals surface area contributed by atoms with Crippen molar-refractivity contribution in [2.75, 3.05) is 13.1 Å². The molecular weight excluding hydrogens is 305 g/mol. The second-order valence-electron chi connectivity index (χ2n) is 6.33. The van der Waals surface area contributed by atoms with Crippen molar-refractivity contribution in [2.24, 2.45) is 5.92 Å². The third-order valence-corrected chi connectivity index (χ3v) is 4.42. The number of piperidine rings is 1. The second-order valence-corrected chi connectivity index (χ2v) is 6.33. The van der Waals surface area contributed by atoms with Crippen molar-refractivity contribution in [3.63, 3.8) is 0 Å². The average molecular weight is 328 g/mol. The van der Waals surface area contributed by atoms with Crippen LogP contribution in [0, 0.1) is 5.92 Å². The zero-order valence-electron chi connectivity index (χ0n) is 13.4. The minimum atomic E-state index is -4.40. The lowest BCUT2D eigenvalue weighted by molar-refractivity contribution is -0.138. The fourth-order valence-corrected chi connectivity index (χ4v) is 3.07. The maximum atomic E-state index is 13.1. The van der Waals surface area contributed by atoms with Gasteiger partial charge in [0.1, 0.15) is 0 Å². The van der Waals surface area contributed by atoms with Gasteiger partial charge in [-0.1, -0.05) is 32.0 Å². The fraction of sp³-hybridized carbons (Fsp3) is 0.588. The molecule has 2 rings (SSSR count). The van der Waals surface area contributed by atoms with Gasteiger partial charge >= 0.3 is 6.18 Å². The normalized spacial score (nSPS) is 23.3. The van der Waals surface area contributed by atoms with Gasteiger partial charge in [0.15, 0.2) is 0 Å². The summed E-state index contributed by atoms with van der Waals surface area (Å²) in [6, 6.07) is 5.56. The van der Waals surface area contributed by atoms with E-state index in [1.165, 1.54) is 12.1 Å². The first kappa shape index (κ1) is 17.8. The number of carbonyl (C=O) groups is 1. The molecule has 1 aliphatic rings. The Bertz CT molecular complexity index is 545. The highest BCUT2D eigenvalue weighted by molar-refractivity contribution is 5.77. The topological polar surface area (TPSA) is 41.1 Å². The van der Waals surface area contributed by atoms with Gasteiger partial charge in [-0.3, -0.25) is 4.79 Å². The number of amides is 1. The lowest BCUT2D eigenvalue weighted by Crippen LogP contribution is -2.48. The van der Waals surface area contributed by atoms with E-state index in [2.05, 4.69) is 17.6 Å². The number of carbonyl (C=O) groups excluding carboxylic acids is 1. The number of alkyl halides is 3. The van der Waals surface area contributed by atoms with E-state index in [0.717, 1.165) is 25.6 Å². The molecule has 0 radical (unpaired) electrons. The second kappa shape index (κ2) is 7.34. The molecule has 1 aromatic carbocycles. The molecule has 1 aliphatic heterocycles. The van der Waals surface area contributed by atoms with Crippen molar-refractivity contribution in [1.82, 2.24) is 10.6 Å². The number of benzene rings is 1. The molecule has 3 nitrogen and oxygen atoms in total. The highest BCUT2D eigenvalue weighted by Gasteiger charge is 2.34. The molecule has 0 aromatic heterocycles. The summed E-state index contributed by atoms with van der Waals surface area (Å²) in [5.74, 6) is -0.344. The predicted octanol–water partition coefficient (Wildman–Crippen LogP) is 3.31. The molecule has 1 aromatic rings. The molecule has 3 atom stereocenters. The van der Waals surface area contributed by atoms with Gasteiger partial charge in [0.2, 0.25) is 5.91 Å². The minimum Gasteiger partial charge on any atom is -0.353 e. The maximum absolute atomic E-state index is 13.1. The zero-order chi connectivity index (χ0) is 17.0. The van der Waals surface area contributed by atoms with Crippen LogP contribution in [0.25, 0.3) is 0 Å². The Morgan fingerprint density at radius 1 is 1.39 bits per heavy atom. The highest BCUT2D eigenvalue weighted by atomic mass is 19.4. The van der Waals surface area contributed by atoms with Gasteiger partial charge in [-0.25, -0.2) is 0 Å². The van der Waals surface area contributed by atoms with E-state index in [-0.39, 0.29) is 23.9 Å². The lowest BCUT2D eigenvalue weighted by atomic mass is 9.91. The number of rotatable bonds is 4. The molecule has 23 heavy (non-hydrogen) atoms. The van der Waals surface area contributed by atoms with Crippen molar-refractivity contribution in [2.45, 2.75) is 44.8 Å². The highest BCUT2D eigenvalue weighted by Crippen LogP contribution is 2.35. The summed E-state index contributed by atoms with van der Waals surface area (Å²) >= 11 is 0. The molecule has 1 amide bonds. The predicted molar refractivity (Wildman–Crippen MR) is 83.1 cm³/mol. The SMILES string of the molecule is CC(CC(=O)NC1CCNCC1C)c1ccccc1C(F)(F)F. The van der Waals surface area contributed by atoms with Crippen LogP contribution in [0.5, 0.6) is 0 Å². The number of halogens is 3. The van der Waals surface area contributed by atoms with E-state index in [1.807, 2.05) is 0 Å². The van der Waals surface area contributed by atoms with Crippen molar-refractivity contribution in [3.8, 4) is 0 Å². The molecule has 0 spiro atoms. The Hall–Kier alpha value is -1.56. The smallest absolute Gasteiger partial charge is 0.353 e. The largest absolute Gasteiger partial charge is 0.416 e. The fourth-order valence-electron chi connectivity index (χ4n) is 3.07. The van der Waals surface area contributed by atoms with Crippen LogP contribution in [-0.2, 0) is 11.0 Å². The van der Waals surface area contributed by atoms with E-state index < -0.39 is 17.7 Å². The Kier molecular flexibility index (Phi) is 5.68. The van der Waals surface area contributed by atoms with Crippen molar-refractivity contribution in [1.29, 1.82) is 0 Å². The van der Waals surface area contributed by atoms with Crippen LogP contribution in [0.2, 0.25) is 0 Å². The molecule has 3 unspecified atom stereocenters. The molecule has 1 fully saturated rings. The molecule has 0 aliphatic carbocycles. The lowest BCUT2D eigenvalue weighted by Gasteiger charge is -2.30. The third-order valence-electron chi connectivity index (χ3n) is 4.42. The number of hydrogen-bond acceptors (Lipinski definition) is 2. The van der Waals surface area contributed by atoms with Crippen LogP contribution >= 0.6 is 0 Å². The first-order valence-corrected chi connectivity index (χ1v) is 7.95. The van der Waals surface area contributed by atoms with Crippen LogP contribution in [0.3, 0.4) is 0 Å². The standard InChI is InChI=1S/C17H23F3N2O/c1-11(13-5-3-4-6-14(13)17(18,19)20)9-16(23)22-15-7-8-21-10-12(15)2/h3-6,11-12,15,21H,7-10H2,1-2H3,(H,22,23). The maximum Gasteiger partial charge on any atom is 0.416 e. The van der Waals surface area contributed by atoms with E-state index in [4.69, 9.17) is 0 Å². The summed E-state index contributed by atoms with van der Waals surface area (Å²) in [4.78, 5) is 12.2. The molecular formula is C17H23F3N2O. The third kappa shape index (κ3) is 4.70. The quantitative estimate of drug-likeness (QED) is 0.890. The zero-order valence-corrected chi connectivity index (χ0v) is 13.4. The van der Waals surface area contributed by atoms with Gasteiger partial charge in [0.05, 0.1) is 5.56 Å². The summed E-state index contributed by atoms with van der Waals surface area (Å²) < 4.78 is 39.2. The van der Waals surface area contributed by atoms with Crippen molar-refractivity contribution >= 4 is 5.91 Å². The van der Waals surface area contributed by atoms with Crippen LogP contribution in [0.1, 0.15) is 43.7 Å². The van der Waals surface area contributed by atoms with Gasteiger partial charge in [0, 0.05) is 12.5 Å². The van der Waals surface area contributed by atoms with Crippen LogP contribution < -0.4 is 10.6 Å². The first-order chi connectivity index (χ1) is 10.8. The van der Waals surface area contributed by atoms with Crippen molar-refractivity contribution in [3.05, 3.63) is 35.4 Å². The van der Waals surface area contributed by atoms with Crippen LogP contribution in [-0.4, -0.2) is 25.0 Å². The van der Waals surface area contributed by atoms with Gasteiger partial charge < -0.3 is 10.6 Å². The van der Waals surface area contributed by atoms with Gasteiger partial charge in [-0.15, -0.1) is 0 Å². The number of hydrogen-bond donors (Lipinski definition) is 2. The first-order valence-electron chi connectivity index (χ1n) is 7.95. The number of nitrogens with one attached hydrogen (secondary N) is 2. The van der Waals surface area contributed by atoms with Crippen LogP contribution in [0.15, 0.2) is 24.3 Å². The van der Waals surface area contributed by atoms with E-state index in [1.54, 1.807) is 13.0 Å². The molecule has 128 valence electrons. The minimum absolute atomic E-state index is 0.0593. The Morgan fingerprint density at radius 2 is 2.09 bits per heavy atom. The molecule has 0 bridgehead atoms. The summed E-state index contributed by atoms with van der Waals surface area (Å²) in [5.41, 5.74) is -0.482. The van der Waals surface area contributed by atoms with E-state index in [9.17, 15) is 18.0 Å². The molecule has 2 N–H and O–H groups in total. The van der Waals surface area contributed by atoms with Gasteiger partial charge in [-0.05, 0) is 43.0 Å². The average Bonchev–Trinajstić information content (AvgIpc) is 2.48. The van der Waals surface area contributed by atoms with Gasteiger partial charge in [-0.2, -0.15) is 13.2 Å². The summed E-state index contributed by atoms with van der Waals surface area (Å²) in [6.07, 6.45) is -3.49. The summed E-state index contributed by atoms with van der Waals surface area (Å²) in [6.45, 7) is 5.41. The van der Waals surface area contributed by atoms with Crippen molar-refractivity contribution < 1.29 is 18.0 Å². The Labute approximate surface area is 134 Å². The van der Waals surface area contributed by atoms with E-state index >= 15 is 0 Å². The van der Waals surface area contributed by atoms with E-state index in [0.29, 0.717) is 5.92 Å². The molecule has 1 saturated heterocycles. The monoisotopic (exact) mass is 328 g/mol. The molecule has 1 heterocycles. The van der Waals surface area contributed by atoms with Crippen LogP contribution in [0.4, 0.5) is 13.2 Å². The summed E-state index contributed by atoms with van der Waals surface area (Å²) in [5, 5.41) is 6.22. The van der Waals surface area contributed by atoms with Gasteiger partial charge in [0.25, 0.3) is 0 Å². The Morgan fingerprint density at radius 3 is 2.74 bits per heavy atom. The summed E-state index contributed by atoms with van der Waals surface area (Å²) in [7, 11) is 0. The molecule has 6 heteroatoms.